The van der Waals surface area contributed by atoms with E-state index >= 15 is 0 Å². The van der Waals surface area contributed by atoms with Gasteiger partial charge < -0.3 is 10.2 Å². The van der Waals surface area contributed by atoms with E-state index in [0.717, 1.165) is 19.5 Å². The maximum absolute atomic E-state index is 14.3. The fourth-order valence-electron chi connectivity index (χ4n) is 3.41. The zero-order chi connectivity index (χ0) is 15.0. The van der Waals surface area contributed by atoms with E-state index in [9.17, 15) is 9.18 Å². The van der Waals surface area contributed by atoms with Gasteiger partial charge in [0, 0.05) is 38.4 Å². The number of pyridine rings is 1. The summed E-state index contributed by atoms with van der Waals surface area (Å²) in [6.07, 6.45) is 3.78. The summed E-state index contributed by atoms with van der Waals surface area (Å²) >= 11 is 0. The number of hydrogen-bond acceptors (Lipinski definition) is 4. The van der Waals surface area contributed by atoms with Crippen LogP contribution in [0.2, 0.25) is 0 Å². The van der Waals surface area contributed by atoms with Crippen LogP contribution in [-0.2, 0) is 0 Å². The lowest BCUT2D eigenvalue weighted by Crippen LogP contribution is -2.56. The largest absolute Gasteiger partial charge is 0.371 e. The van der Waals surface area contributed by atoms with Gasteiger partial charge in [-0.05, 0) is 32.4 Å². The van der Waals surface area contributed by atoms with Crippen molar-refractivity contribution in [2.75, 3.05) is 32.0 Å². The number of carbonyl (C=O) groups excluding carboxylic acids is 1. The molecule has 2 aliphatic heterocycles. The summed E-state index contributed by atoms with van der Waals surface area (Å²) in [4.78, 5) is 20.8. The van der Waals surface area contributed by atoms with E-state index in [1.807, 2.05) is 11.8 Å². The van der Waals surface area contributed by atoms with Crippen LogP contribution in [0.15, 0.2) is 12.3 Å². The highest BCUT2D eigenvalue weighted by atomic mass is 19.1. The number of fused-ring (bicyclic) bond motifs is 1. The molecule has 0 aliphatic carbocycles. The van der Waals surface area contributed by atoms with E-state index in [1.165, 1.54) is 18.7 Å². The van der Waals surface area contributed by atoms with Crippen molar-refractivity contribution in [2.24, 2.45) is 0 Å². The molecule has 2 saturated heterocycles. The number of hydrogen-bond donors (Lipinski definition) is 1. The van der Waals surface area contributed by atoms with Gasteiger partial charge in [0.15, 0.2) is 11.6 Å². The molecule has 0 aromatic carbocycles. The second kappa shape index (κ2) is 5.60. The van der Waals surface area contributed by atoms with Crippen molar-refractivity contribution in [3.8, 4) is 0 Å². The molecule has 0 bridgehead atoms. The normalized spacial score (nSPS) is 25.8. The molecule has 1 aromatic heterocycles. The van der Waals surface area contributed by atoms with Crippen LogP contribution in [0, 0.1) is 5.82 Å². The molecular formula is C15H21FN4O. The number of anilines is 1. The van der Waals surface area contributed by atoms with E-state index in [1.54, 1.807) is 7.05 Å². The molecule has 2 atom stereocenters. The summed E-state index contributed by atoms with van der Waals surface area (Å²) in [5.41, 5.74) is 0.104. The first kappa shape index (κ1) is 14.3. The Labute approximate surface area is 124 Å². The number of carbonyl (C=O) groups is 1. The Morgan fingerprint density at radius 2 is 2.29 bits per heavy atom. The average molecular weight is 292 g/mol. The predicted molar refractivity (Wildman–Crippen MR) is 78.8 cm³/mol. The van der Waals surface area contributed by atoms with Crippen molar-refractivity contribution in [1.82, 2.24) is 14.8 Å². The zero-order valence-corrected chi connectivity index (χ0v) is 12.5. The Morgan fingerprint density at radius 1 is 1.48 bits per heavy atom. The Kier molecular flexibility index (Phi) is 3.80. The monoisotopic (exact) mass is 292 g/mol. The molecule has 2 fully saturated rings. The smallest absolute Gasteiger partial charge is 0.257 e. The molecule has 3 rings (SSSR count). The first-order valence-electron chi connectivity index (χ1n) is 7.49. The van der Waals surface area contributed by atoms with Crippen molar-refractivity contribution in [3.05, 3.63) is 23.6 Å². The standard InChI is InChI=1S/C15H21FN4O/c1-10-8-19-7-3-4-11(19)9-20(10)15(21)12-5-6-18-14(17-2)13(12)16/h5-6,10-11H,3-4,7-9H2,1-2H3,(H,17,18). The molecule has 1 N–H and O–H groups in total. The van der Waals surface area contributed by atoms with Gasteiger partial charge in [0.05, 0.1) is 5.56 Å². The summed E-state index contributed by atoms with van der Waals surface area (Å²) in [5, 5.41) is 2.68. The molecular weight excluding hydrogens is 271 g/mol. The van der Waals surface area contributed by atoms with E-state index in [4.69, 9.17) is 0 Å². The molecule has 21 heavy (non-hydrogen) atoms. The Bertz CT molecular complexity index is 550. The third-order valence-corrected chi connectivity index (χ3v) is 4.55. The number of nitrogens with one attached hydrogen (secondary N) is 1. The predicted octanol–water partition coefficient (Wildman–Crippen LogP) is 1.57. The van der Waals surface area contributed by atoms with Crippen LogP contribution >= 0.6 is 0 Å². The van der Waals surface area contributed by atoms with E-state index in [0.29, 0.717) is 12.6 Å². The minimum absolute atomic E-state index is 0.104. The second-order valence-electron chi connectivity index (χ2n) is 5.87. The number of piperazine rings is 1. The van der Waals surface area contributed by atoms with Crippen molar-refractivity contribution < 1.29 is 9.18 Å². The van der Waals surface area contributed by atoms with Crippen LogP contribution in [0.1, 0.15) is 30.1 Å². The van der Waals surface area contributed by atoms with Gasteiger partial charge in [0.25, 0.3) is 5.91 Å². The average Bonchev–Trinajstić information content (AvgIpc) is 2.93. The molecule has 5 nitrogen and oxygen atoms in total. The van der Waals surface area contributed by atoms with Gasteiger partial charge in [-0.2, -0.15) is 0 Å². The summed E-state index contributed by atoms with van der Waals surface area (Å²) in [6, 6.07) is 2.00. The van der Waals surface area contributed by atoms with Gasteiger partial charge in [-0.3, -0.25) is 9.69 Å². The third kappa shape index (κ3) is 2.48. The first-order valence-corrected chi connectivity index (χ1v) is 7.49. The fraction of sp³-hybridized carbons (Fsp3) is 0.600. The minimum atomic E-state index is -0.564. The van der Waals surface area contributed by atoms with E-state index in [-0.39, 0.29) is 23.3 Å². The topological polar surface area (TPSA) is 48.5 Å². The summed E-state index contributed by atoms with van der Waals surface area (Å²) in [6.45, 7) is 4.72. The van der Waals surface area contributed by atoms with Gasteiger partial charge in [-0.1, -0.05) is 0 Å². The van der Waals surface area contributed by atoms with Crippen molar-refractivity contribution in [1.29, 1.82) is 0 Å². The summed E-state index contributed by atoms with van der Waals surface area (Å²) in [7, 11) is 1.60. The quantitative estimate of drug-likeness (QED) is 0.899. The molecule has 0 spiro atoms. The van der Waals surface area contributed by atoms with E-state index < -0.39 is 5.82 Å². The molecule has 3 heterocycles. The molecule has 1 aromatic rings. The Morgan fingerprint density at radius 3 is 3.05 bits per heavy atom. The molecule has 2 unspecified atom stereocenters. The number of rotatable bonds is 2. The van der Waals surface area contributed by atoms with Gasteiger partial charge in [0.1, 0.15) is 0 Å². The van der Waals surface area contributed by atoms with Crippen molar-refractivity contribution in [2.45, 2.75) is 31.8 Å². The highest BCUT2D eigenvalue weighted by Gasteiger charge is 2.37. The second-order valence-corrected chi connectivity index (χ2v) is 5.87. The number of aromatic nitrogens is 1. The van der Waals surface area contributed by atoms with Crippen molar-refractivity contribution >= 4 is 11.7 Å². The lowest BCUT2D eigenvalue weighted by molar-refractivity contribution is 0.0391. The van der Waals surface area contributed by atoms with Crippen molar-refractivity contribution in [3.63, 3.8) is 0 Å². The van der Waals surface area contributed by atoms with E-state index in [2.05, 4.69) is 15.2 Å². The summed E-state index contributed by atoms with van der Waals surface area (Å²) in [5.74, 6) is -0.676. The van der Waals surface area contributed by atoms with Gasteiger partial charge in [-0.25, -0.2) is 9.37 Å². The SMILES string of the molecule is CNc1nccc(C(=O)N2CC3CCCN3CC2C)c1F. The lowest BCUT2D eigenvalue weighted by atomic mass is 10.1. The van der Waals surface area contributed by atoms with Crippen LogP contribution in [0.4, 0.5) is 10.2 Å². The van der Waals surface area contributed by atoms with Gasteiger partial charge in [-0.15, -0.1) is 0 Å². The first-order chi connectivity index (χ1) is 10.1. The lowest BCUT2D eigenvalue weighted by Gasteiger charge is -2.42. The maximum atomic E-state index is 14.3. The highest BCUT2D eigenvalue weighted by molar-refractivity contribution is 5.95. The zero-order valence-electron chi connectivity index (χ0n) is 12.5. The van der Waals surface area contributed by atoms with Crippen LogP contribution in [0.3, 0.4) is 0 Å². The summed E-state index contributed by atoms with van der Waals surface area (Å²) < 4.78 is 14.3. The number of amides is 1. The fourth-order valence-corrected chi connectivity index (χ4v) is 3.41. The molecule has 114 valence electrons. The Hall–Kier alpha value is -1.69. The van der Waals surface area contributed by atoms with Crippen LogP contribution in [-0.4, -0.2) is 59.5 Å². The molecule has 0 radical (unpaired) electrons. The maximum Gasteiger partial charge on any atom is 0.257 e. The van der Waals surface area contributed by atoms with Crippen LogP contribution in [0.5, 0.6) is 0 Å². The Balaban J connectivity index is 1.84. The highest BCUT2D eigenvalue weighted by Crippen LogP contribution is 2.26. The molecule has 1 amide bonds. The van der Waals surface area contributed by atoms with Crippen LogP contribution < -0.4 is 5.32 Å². The molecule has 2 aliphatic rings. The third-order valence-electron chi connectivity index (χ3n) is 4.55. The molecule has 0 saturated carbocycles. The van der Waals surface area contributed by atoms with Crippen LogP contribution in [0.25, 0.3) is 0 Å². The van der Waals surface area contributed by atoms with Gasteiger partial charge >= 0.3 is 0 Å². The molecule has 6 heteroatoms. The minimum Gasteiger partial charge on any atom is -0.371 e. The number of halogens is 1. The van der Waals surface area contributed by atoms with Gasteiger partial charge in [0.2, 0.25) is 0 Å². The number of nitrogens with zero attached hydrogens (tertiary/aromatic N) is 3.